The van der Waals surface area contributed by atoms with E-state index < -0.39 is 0 Å². The van der Waals surface area contributed by atoms with E-state index in [4.69, 9.17) is 0 Å². The van der Waals surface area contributed by atoms with Crippen molar-refractivity contribution in [2.24, 2.45) is 0 Å². The Bertz CT molecular complexity index is 2150. The van der Waals surface area contributed by atoms with Gasteiger partial charge in [-0.3, -0.25) is 19.3 Å². The number of rotatable bonds is 11. The summed E-state index contributed by atoms with van der Waals surface area (Å²) in [5, 5.41) is 17.3. The van der Waals surface area contributed by atoms with E-state index in [1.54, 1.807) is 12.1 Å². The number of likely N-dealkylation sites (tertiary alicyclic amines) is 1. The molecular weight excluding hydrogens is 748 g/mol. The monoisotopic (exact) mass is 806 g/mol. The summed E-state index contributed by atoms with van der Waals surface area (Å²) in [7, 11) is 2.12. The zero-order valence-corrected chi connectivity index (χ0v) is 34.3. The third-order valence-corrected chi connectivity index (χ3v) is 11.7. The summed E-state index contributed by atoms with van der Waals surface area (Å²) in [5.74, 6) is 0.134. The number of aromatic nitrogens is 1. The second-order valence-electron chi connectivity index (χ2n) is 15.9. The minimum absolute atomic E-state index is 0.0471. The maximum Gasteiger partial charge on any atom is 0.256 e. The van der Waals surface area contributed by atoms with Crippen LogP contribution in [-0.2, 0) is 40.2 Å². The fraction of sp³-hybridized carbons (Fsp3) is 0.447. The van der Waals surface area contributed by atoms with Crippen LogP contribution in [0.15, 0.2) is 83.3 Å². The van der Waals surface area contributed by atoms with Crippen molar-refractivity contribution in [3.05, 3.63) is 123 Å². The van der Waals surface area contributed by atoms with Crippen LogP contribution in [0.3, 0.4) is 0 Å². The van der Waals surface area contributed by atoms with E-state index in [9.17, 15) is 28.7 Å². The van der Waals surface area contributed by atoms with Gasteiger partial charge >= 0.3 is 0 Å². The van der Waals surface area contributed by atoms with Crippen molar-refractivity contribution < 1.29 is 23.9 Å². The molecule has 1 unspecified atom stereocenters. The highest BCUT2D eigenvalue weighted by Crippen LogP contribution is 2.30. The lowest BCUT2D eigenvalue weighted by Gasteiger charge is -2.34. The number of nitrogens with zero attached hydrogens (tertiary/aromatic N) is 3. The van der Waals surface area contributed by atoms with E-state index in [2.05, 4.69) is 44.6 Å². The van der Waals surface area contributed by atoms with Gasteiger partial charge in [0.2, 0.25) is 11.8 Å². The summed E-state index contributed by atoms with van der Waals surface area (Å²) in [6.45, 7) is 6.63. The van der Waals surface area contributed by atoms with E-state index in [1.165, 1.54) is 30.0 Å². The van der Waals surface area contributed by atoms with Gasteiger partial charge in [0, 0.05) is 81.2 Å². The van der Waals surface area contributed by atoms with Gasteiger partial charge in [0.05, 0.1) is 13.0 Å². The normalized spacial score (nSPS) is 17.9. The van der Waals surface area contributed by atoms with Gasteiger partial charge in [0.1, 0.15) is 12.1 Å². The van der Waals surface area contributed by atoms with E-state index in [1.807, 2.05) is 47.4 Å². The van der Waals surface area contributed by atoms with E-state index in [0.717, 1.165) is 79.6 Å². The number of hydrogen-bond acceptors (Lipinski definition) is 8. The molecule has 59 heavy (non-hydrogen) atoms. The first kappa shape index (κ1) is 43.6. The SMILES string of the molecule is CN1CCC2=C(C1)c1ccccc1CC(=O)N2.O=C(CCCN1CCCCC1CO)N1CCc2[nH]c(=O)c3ccccc3c2C1.O=CCCNCCc1ccccc1F. The Kier molecular flexibility index (Phi) is 16.1. The van der Waals surface area contributed by atoms with Gasteiger partial charge in [-0.15, -0.1) is 0 Å². The lowest BCUT2D eigenvalue weighted by molar-refractivity contribution is -0.132. The molecule has 4 aliphatic rings. The number of aliphatic hydroxyl groups is 1. The number of aliphatic hydroxyl groups excluding tert-OH is 1. The molecule has 12 heteroatoms. The second-order valence-corrected chi connectivity index (χ2v) is 15.9. The number of aldehydes is 1. The fourth-order valence-electron chi connectivity index (χ4n) is 8.51. The van der Waals surface area contributed by atoms with Crippen LogP contribution in [0.5, 0.6) is 0 Å². The van der Waals surface area contributed by atoms with Crippen LogP contribution in [0, 0.1) is 5.82 Å². The number of aromatic amines is 1. The predicted octanol–water partition coefficient (Wildman–Crippen LogP) is 4.99. The number of carbonyl (C=O) groups excluding carboxylic acids is 3. The van der Waals surface area contributed by atoms with Crippen LogP contribution < -0.4 is 16.2 Å². The maximum absolute atomic E-state index is 13.1. The van der Waals surface area contributed by atoms with E-state index in [-0.39, 0.29) is 35.8 Å². The molecule has 2 amide bonds. The predicted molar refractivity (Wildman–Crippen MR) is 230 cm³/mol. The summed E-state index contributed by atoms with van der Waals surface area (Å²) in [4.78, 5) is 56.4. The van der Waals surface area contributed by atoms with Gasteiger partial charge in [0.15, 0.2) is 0 Å². The van der Waals surface area contributed by atoms with Crippen molar-refractivity contribution in [3.8, 4) is 0 Å². The largest absolute Gasteiger partial charge is 0.395 e. The zero-order valence-electron chi connectivity index (χ0n) is 34.3. The summed E-state index contributed by atoms with van der Waals surface area (Å²) >= 11 is 0. The van der Waals surface area contributed by atoms with Crippen LogP contribution in [-0.4, -0.2) is 108 Å². The quantitative estimate of drug-likeness (QED) is 0.123. The molecule has 4 aliphatic heterocycles. The zero-order chi connectivity index (χ0) is 41.6. The van der Waals surface area contributed by atoms with Gasteiger partial charge in [-0.2, -0.15) is 0 Å². The minimum Gasteiger partial charge on any atom is -0.395 e. The fourth-order valence-corrected chi connectivity index (χ4v) is 8.51. The third kappa shape index (κ3) is 11.8. The number of piperidine rings is 1. The molecule has 0 bridgehead atoms. The van der Waals surface area contributed by atoms with Crippen molar-refractivity contribution in [3.63, 3.8) is 0 Å². The Morgan fingerprint density at radius 1 is 0.932 bits per heavy atom. The van der Waals surface area contributed by atoms with Crippen molar-refractivity contribution in [1.82, 2.24) is 30.3 Å². The molecule has 314 valence electrons. The van der Waals surface area contributed by atoms with E-state index >= 15 is 0 Å². The molecule has 0 saturated carbocycles. The molecule has 0 radical (unpaired) electrons. The topological polar surface area (TPSA) is 138 Å². The Hall–Kier alpha value is -5.01. The molecule has 0 aliphatic carbocycles. The highest BCUT2D eigenvalue weighted by molar-refractivity contribution is 5.89. The molecule has 11 nitrogen and oxygen atoms in total. The molecule has 3 aromatic carbocycles. The summed E-state index contributed by atoms with van der Waals surface area (Å²) in [6.07, 6.45) is 8.94. The Balaban J connectivity index is 0.000000161. The first-order valence-corrected chi connectivity index (χ1v) is 21.2. The first-order chi connectivity index (χ1) is 28.7. The average molecular weight is 807 g/mol. The Morgan fingerprint density at radius 3 is 2.53 bits per heavy atom. The first-order valence-electron chi connectivity index (χ1n) is 21.2. The molecule has 4 N–H and O–H groups in total. The number of H-pyrrole nitrogens is 1. The van der Waals surface area contributed by atoms with Crippen LogP contribution in [0.25, 0.3) is 16.3 Å². The van der Waals surface area contributed by atoms with Crippen LogP contribution >= 0.6 is 0 Å². The maximum atomic E-state index is 13.1. The number of benzene rings is 3. The molecule has 5 heterocycles. The van der Waals surface area contributed by atoms with Crippen molar-refractivity contribution in [1.29, 1.82) is 0 Å². The van der Waals surface area contributed by atoms with Crippen LogP contribution in [0.1, 0.15) is 72.9 Å². The molecule has 8 rings (SSSR count). The smallest absolute Gasteiger partial charge is 0.256 e. The highest BCUT2D eigenvalue weighted by Gasteiger charge is 2.26. The number of halogens is 1. The summed E-state index contributed by atoms with van der Waals surface area (Å²) in [5.41, 5.74) is 7.51. The molecule has 1 saturated heterocycles. The van der Waals surface area contributed by atoms with Gasteiger partial charge in [0.25, 0.3) is 5.56 Å². The molecule has 1 aromatic heterocycles. The number of amides is 2. The van der Waals surface area contributed by atoms with Gasteiger partial charge in [-0.1, -0.05) is 67.1 Å². The number of hydrogen-bond donors (Lipinski definition) is 4. The Labute approximate surface area is 346 Å². The highest BCUT2D eigenvalue weighted by atomic mass is 19.1. The van der Waals surface area contributed by atoms with Gasteiger partial charge in [-0.25, -0.2) is 4.39 Å². The standard InChI is InChI=1S/C22H29N3O3.C14H16N2O.C11H14FNO/c26-15-16-6-3-4-11-24(16)12-5-9-21(27)25-13-10-20-19(14-25)17-7-1-2-8-18(17)22(28)23-20;1-16-7-6-13-12(9-16)11-5-3-2-4-10(11)8-14(17)15-13;12-11-5-2-1-4-10(11)6-8-13-7-3-9-14/h1-2,7-8,16,26H,3-6,9-15H2,(H,23,28);2-5H,6-9H2,1H3,(H,15,17);1-2,4-5,9,13H,3,6-8H2. The Morgan fingerprint density at radius 2 is 1.71 bits per heavy atom. The number of fused-ring (bicyclic) bond motifs is 5. The molecule has 4 aromatic rings. The summed E-state index contributed by atoms with van der Waals surface area (Å²) < 4.78 is 13.1. The molecule has 1 fully saturated rings. The minimum atomic E-state index is -0.162. The number of likely N-dealkylation sites (N-methyl/N-ethyl adjacent to an activating group) is 1. The van der Waals surface area contributed by atoms with E-state index in [0.29, 0.717) is 69.2 Å². The molecule has 1 atom stereocenters. The van der Waals surface area contributed by atoms with Crippen LogP contribution in [0.2, 0.25) is 0 Å². The molecular formula is C47H59FN6O5. The van der Waals surface area contributed by atoms with Crippen molar-refractivity contribution in [2.45, 2.75) is 76.8 Å². The van der Waals surface area contributed by atoms with Crippen molar-refractivity contribution in [2.75, 3.05) is 59.5 Å². The number of nitrogens with one attached hydrogen (secondary N) is 3. The van der Waals surface area contributed by atoms with Gasteiger partial charge < -0.3 is 35.3 Å². The third-order valence-electron chi connectivity index (χ3n) is 11.7. The summed E-state index contributed by atoms with van der Waals surface area (Å²) in [6, 6.07) is 22.9. The van der Waals surface area contributed by atoms with Crippen molar-refractivity contribution >= 4 is 34.4 Å². The number of carbonyl (C=O) groups is 3. The average Bonchev–Trinajstić information content (AvgIpc) is 3.39. The van der Waals surface area contributed by atoms with Gasteiger partial charge in [-0.05, 0) is 97.7 Å². The lowest BCUT2D eigenvalue weighted by Crippen LogP contribution is -2.43. The number of pyridine rings is 1. The molecule has 0 spiro atoms. The second kappa shape index (κ2) is 21.8. The lowest BCUT2D eigenvalue weighted by atomic mass is 9.94. The van der Waals surface area contributed by atoms with Crippen LogP contribution in [0.4, 0.5) is 4.39 Å².